The number of carbonyl (C=O) groups is 1. The summed E-state index contributed by atoms with van der Waals surface area (Å²) in [5, 5.41) is 6.22. The van der Waals surface area contributed by atoms with Gasteiger partial charge in [-0.1, -0.05) is 6.07 Å². The number of benzene rings is 1. The lowest BCUT2D eigenvalue weighted by molar-refractivity contribution is -0.122. The highest BCUT2D eigenvalue weighted by atomic mass is 19.1. The standard InChI is InChI=1S/C11H11F2N5O/c12-8-2-1-7(9(13)3-8)4-15-10(19)5-18-6-16-11(14)17-18/h1-3,6H,4-5H2,(H2,14,17)(H,15,19). The number of halogens is 2. The Bertz CT molecular complexity index is 599. The molecule has 0 spiro atoms. The van der Waals surface area contributed by atoms with Crippen LogP contribution in [0.5, 0.6) is 0 Å². The number of anilines is 1. The van der Waals surface area contributed by atoms with E-state index in [0.717, 1.165) is 12.1 Å². The molecule has 0 unspecified atom stereocenters. The number of hydrogen-bond acceptors (Lipinski definition) is 4. The lowest BCUT2D eigenvalue weighted by Crippen LogP contribution is -2.27. The van der Waals surface area contributed by atoms with E-state index in [1.165, 1.54) is 17.1 Å². The second-order valence-corrected chi connectivity index (χ2v) is 3.81. The monoisotopic (exact) mass is 267 g/mol. The molecule has 1 aromatic carbocycles. The number of aromatic nitrogens is 3. The summed E-state index contributed by atoms with van der Waals surface area (Å²) in [6.45, 7) is -0.109. The van der Waals surface area contributed by atoms with Crippen LogP contribution in [0.3, 0.4) is 0 Å². The first-order chi connectivity index (χ1) is 9.04. The van der Waals surface area contributed by atoms with Crippen LogP contribution >= 0.6 is 0 Å². The average Bonchev–Trinajstić information content (AvgIpc) is 2.73. The van der Waals surface area contributed by atoms with Crippen LogP contribution < -0.4 is 11.1 Å². The number of hydrogen-bond donors (Lipinski definition) is 2. The zero-order valence-corrected chi connectivity index (χ0v) is 9.81. The Morgan fingerprint density at radius 1 is 1.42 bits per heavy atom. The molecule has 0 aliphatic carbocycles. The van der Waals surface area contributed by atoms with E-state index in [0.29, 0.717) is 0 Å². The summed E-state index contributed by atoms with van der Waals surface area (Å²) >= 11 is 0. The minimum absolute atomic E-state index is 0.0326. The molecule has 1 heterocycles. The lowest BCUT2D eigenvalue weighted by Gasteiger charge is -2.06. The number of nitrogens with zero attached hydrogens (tertiary/aromatic N) is 3. The van der Waals surface area contributed by atoms with E-state index >= 15 is 0 Å². The van der Waals surface area contributed by atoms with Gasteiger partial charge in [0.2, 0.25) is 11.9 Å². The van der Waals surface area contributed by atoms with Crippen molar-refractivity contribution in [2.24, 2.45) is 0 Å². The minimum Gasteiger partial charge on any atom is -0.367 e. The summed E-state index contributed by atoms with van der Waals surface area (Å²) in [5.41, 5.74) is 5.50. The highest BCUT2D eigenvalue weighted by Gasteiger charge is 2.07. The van der Waals surface area contributed by atoms with Gasteiger partial charge in [-0.15, -0.1) is 5.10 Å². The molecule has 0 saturated heterocycles. The fourth-order valence-corrected chi connectivity index (χ4v) is 1.45. The van der Waals surface area contributed by atoms with Crippen LogP contribution in [0.2, 0.25) is 0 Å². The molecule has 2 aromatic rings. The van der Waals surface area contributed by atoms with E-state index in [-0.39, 0.29) is 30.5 Å². The van der Waals surface area contributed by atoms with Gasteiger partial charge in [0, 0.05) is 18.2 Å². The van der Waals surface area contributed by atoms with Gasteiger partial charge in [0.15, 0.2) is 0 Å². The zero-order valence-electron chi connectivity index (χ0n) is 9.81. The topological polar surface area (TPSA) is 85.8 Å². The van der Waals surface area contributed by atoms with Gasteiger partial charge >= 0.3 is 0 Å². The predicted octanol–water partition coefficient (Wildman–Crippen LogP) is 0.455. The number of rotatable bonds is 4. The van der Waals surface area contributed by atoms with E-state index in [4.69, 9.17) is 5.73 Å². The summed E-state index contributed by atoms with van der Waals surface area (Å²) in [6, 6.07) is 3.17. The Morgan fingerprint density at radius 2 is 2.21 bits per heavy atom. The summed E-state index contributed by atoms with van der Waals surface area (Å²) < 4.78 is 27.2. The van der Waals surface area contributed by atoms with Crippen molar-refractivity contribution in [3.05, 3.63) is 41.7 Å². The summed E-state index contributed by atoms with van der Waals surface area (Å²) in [6.07, 6.45) is 1.31. The Kier molecular flexibility index (Phi) is 3.69. The van der Waals surface area contributed by atoms with Crippen molar-refractivity contribution in [1.82, 2.24) is 20.1 Å². The Hall–Kier alpha value is -2.51. The SMILES string of the molecule is Nc1ncn(CC(=O)NCc2ccc(F)cc2F)n1. The van der Waals surface area contributed by atoms with E-state index in [9.17, 15) is 13.6 Å². The molecule has 100 valence electrons. The molecule has 0 saturated carbocycles. The van der Waals surface area contributed by atoms with Gasteiger partial charge in [-0.3, -0.25) is 4.79 Å². The molecule has 2 rings (SSSR count). The molecule has 1 amide bonds. The van der Waals surface area contributed by atoms with Crippen LogP contribution in [0.4, 0.5) is 14.7 Å². The van der Waals surface area contributed by atoms with Crippen LogP contribution in [0.15, 0.2) is 24.5 Å². The van der Waals surface area contributed by atoms with E-state index in [2.05, 4.69) is 15.4 Å². The molecule has 0 atom stereocenters. The zero-order chi connectivity index (χ0) is 13.8. The third-order valence-electron chi connectivity index (χ3n) is 2.35. The highest BCUT2D eigenvalue weighted by molar-refractivity contribution is 5.75. The van der Waals surface area contributed by atoms with Gasteiger partial charge in [0.1, 0.15) is 24.5 Å². The second-order valence-electron chi connectivity index (χ2n) is 3.81. The third-order valence-corrected chi connectivity index (χ3v) is 2.35. The van der Waals surface area contributed by atoms with Crippen molar-refractivity contribution in [1.29, 1.82) is 0 Å². The van der Waals surface area contributed by atoms with Gasteiger partial charge in [-0.05, 0) is 6.07 Å². The molecule has 6 nitrogen and oxygen atoms in total. The number of nitrogen functional groups attached to an aromatic ring is 1. The molecular weight excluding hydrogens is 256 g/mol. The number of nitrogens with two attached hydrogens (primary N) is 1. The van der Waals surface area contributed by atoms with Gasteiger partial charge in [-0.25, -0.2) is 18.4 Å². The van der Waals surface area contributed by atoms with Crippen molar-refractivity contribution >= 4 is 11.9 Å². The van der Waals surface area contributed by atoms with Crippen molar-refractivity contribution < 1.29 is 13.6 Å². The van der Waals surface area contributed by atoms with Gasteiger partial charge in [0.25, 0.3) is 0 Å². The maximum atomic E-state index is 13.3. The van der Waals surface area contributed by atoms with Crippen LogP contribution in [0.25, 0.3) is 0 Å². The summed E-state index contributed by atoms with van der Waals surface area (Å²) in [7, 11) is 0. The fourth-order valence-electron chi connectivity index (χ4n) is 1.45. The molecular formula is C11H11F2N5O. The first-order valence-corrected chi connectivity index (χ1v) is 5.40. The minimum atomic E-state index is -0.703. The molecule has 0 bridgehead atoms. The summed E-state index contributed by atoms with van der Waals surface area (Å²) in [4.78, 5) is 15.2. The molecule has 19 heavy (non-hydrogen) atoms. The van der Waals surface area contributed by atoms with Gasteiger partial charge < -0.3 is 11.1 Å². The van der Waals surface area contributed by atoms with Crippen molar-refractivity contribution in [3.63, 3.8) is 0 Å². The molecule has 8 heteroatoms. The third kappa shape index (κ3) is 3.47. The molecule has 0 aliphatic heterocycles. The van der Waals surface area contributed by atoms with E-state index in [1.54, 1.807) is 0 Å². The average molecular weight is 267 g/mol. The molecule has 3 N–H and O–H groups in total. The number of amides is 1. The normalized spacial score (nSPS) is 10.4. The number of nitrogens with one attached hydrogen (secondary N) is 1. The van der Waals surface area contributed by atoms with E-state index < -0.39 is 11.6 Å². The quantitative estimate of drug-likeness (QED) is 0.842. The first-order valence-electron chi connectivity index (χ1n) is 5.40. The van der Waals surface area contributed by atoms with Crippen LogP contribution in [-0.2, 0) is 17.9 Å². The summed E-state index contributed by atoms with van der Waals surface area (Å²) in [5.74, 6) is -1.68. The van der Waals surface area contributed by atoms with Crippen LogP contribution in [0, 0.1) is 11.6 Å². The Labute approximate surface area is 107 Å². The second kappa shape index (κ2) is 5.42. The van der Waals surface area contributed by atoms with Crippen LogP contribution in [0.1, 0.15) is 5.56 Å². The highest BCUT2D eigenvalue weighted by Crippen LogP contribution is 2.08. The van der Waals surface area contributed by atoms with Crippen molar-refractivity contribution in [2.45, 2.75) is 13.1 Å². The Morgan fingerprint density at radius 3 is 2.84 bits per heavy atom. The van der Waals surface area contributed by atoms with Gasteiger partial charge in [0.05, 0.1) is 0 Å². The van der Waals surface area contributed by atoms with Crippen LogP contribution in [-0.4, -0.2) is 20.7 Å². The number of carbonyl (C=O) groups excluding carboxylic acids is 1. The first kappa shape index (κ1) is 12.9. The lowest BCUT2D eigenvalue weighted by atomic mass is 10.2. The molecule has 1 aromatic heterocycles. The van der Waals surface area contributed by atoms with Crippen molar-refractivity contribution in [3.8, 4) is 0 Å². The van der Waals surface area contributed by atoms with E-state index in [1.807, 2.05) is 0 Å². The Balaban J connectivity index is 1.89. The molecule has 0 aliphatic rings. The molecule has 0 fully saturated rings. The maximum absolute atomic E-state index is 13.3. The largest absolute Gasteiger partial charge is 0.367 e. The maximum Gasteiger partial charge on any atom is 0.242 e. The fraction of sp³-hybridized carbons (Fsp3) is 0.182. The van der Waals surface area contributed by atoms with Gasteiger partial charge in [-0.2, -0.15) is 0 Å². The predicted molar refractivity (Wildman–Crippen MR) is 62.6 cm³/mol. The molecule has 0 radical (unpaired) electrons. The van der Waals surface area contributed by atoms with Crippen molar-refractivity contribution in [2.75, 3.05) is 5.73 Å². The smallest absolute Gasteiger partial charge is 0.242 e.